The summed E-state index contributed by atoms with van der Waals surface area (Å²) in [5.41, 5.74) is 6.90. The number of oxazole rings is 1. The summed E-state index contributed by atoms with van der Waals surface area (Å²) in [6.07, 6.45) is 1.55. The molecule has 0 amide bonds. The largest absolute Gasteiger partial charge is 0.449 e. The maximum Gasteiger partial charge on any atom is 0.242 e. The van der Waals surface area contributed by atoms with Crippen molar-refractivity contribution in [1.82, 2.24) is 9.29 Å². The molecule has 0 unspecified atom stereocenters. The fourth-order valence-corrected chi connectivity index (χ4v) is 3.59. The number of aromatic nitrogens is 1. The molecule has 1 aromatic carbocycles. The standard InChI is InChI=1S/C16H23N3O3S/c1-12-18-15(9-22-12)13-5-7-14(8-6-13)23(20,21)19(4)11-16(2,3)10-17/h5-9H,10-11,17H2,1-4H3. The molecule has 23 heavy (non-hydrogen) atoms. The van der Waals surface area contributed by atoms with E-state index in [1.807, 2.05) is 13.8 Å². The minimum absolute atomic E-state index is 0.247. The van der Waals surface area contributed by atoms with Crippen LogP contribution in [0, 0.1) is 12.3 Å². The average Bonchev–Trinajstić information content (AvgIpc) is 2.93. The number of sulfonamides is 1. The molecule has 0 aliphatic carbocycles. The van der Waals surface area contributed by atoms with Gasteiger partial charge in [-0.25, -0.2) is 17.7 Å². The second kappa shape index (κ2) is 6.43. The zero-order valence-electron chi connectivity index (χ0n) is 13.9. The maximum absolute atomic E-state index is 12.6. The first kappa shape index (κ1) is 17.7. The molecule has 0 saturated heterocycles. The quantitative estimate of drug-likeness (QED) is 0.873. The average molecular weight is 337 g/mol. The van der Waals surface area contributed by atoms with Crippen LogP contribution in [0.15, 0.2) is 39.8 Å². The van der Waals surface area contributed by atoms with Gasteiger partial charge in [-0.2, -0.15) is 0 Å². The van der Waals surface area contributed by atoms with E-state index in [1.54, 1.807) is 44.5 Å². The summed E-state index contributed by atoms with van der Waals surface area (Å²) in [6.45, 7) is 6.41. The highest BCUT2D eigenvalue weighted by atomic mass is 32.2. The van der Waals surface area contributed by atoms with Crippen LogP contribution in [-0.4, -0.2) is 37.8 Å². The molecule has 0 aliphatic heterocycles. The van der Waals surface area contributed by atoms with E-state index in [0.717, 1.165) is 5.56 Å². The summed E-state index contributed by atoms with van der Waals surface area (Å²) in [5.74, 6) is 0.570. The van der Waals surface area contributed by atoms with Gasteiger partial charge in [-0.05, 0) is 24.1 Å². The fraction of sp³-hybridized carbons (Fsp3) is 0.438. The Balaban J connectivity index is 2.23. The molecule has 0 spiro atoms. The molecule has 0 fully saturated rings. The van der Waals surface area contributed by atoms with Gasteiger partial charge in [-0.15, -0.1) is 0 Å². The van der Waals surface area contributed by atoms with Crippen LogP contribution in [-0.2, 0) is 10.0 Å². The number of aryl methyl sites for hydroxylation is 1. The Hall–Kier alpha value is -1.70. The minimum atomic E-state index is -3.54. The molecule has 0 bridgehead atoms. The number of nitrogens with two attached hydrogens (primary N) is 1. The Labute approximate surface area is 137 Å². The van der Waals surface area contributed by atoms with E-state index < -0.39 is 10.0 Å². The molecule has 0 saturated carbocycles. The lowest BCUT2D eigenvalue weighted by molar-refractivity contribution is 0.292. The van der Waals surface area contributed by atoms with Gasteiger partial charge in [0.05, 0.1) is 4.90 Å². The van der Waals surface area contributed by atoms with Crippen molar-refractivity contribution in [1.29, 1.82) is 0 Å². The summed E-state index contributed by atoms with van der Waals surface area (Å²) in [5, 5.41) is 0. The normalized spacial score (nSPS) is 12.8. The molecule has 2 aromatic rings. The van der Waals surface area contributed by atoms with E-state index in [4.69, 9.17) is 10.2 Å². The van der Waals surface area contributed by atoms with Crippen LogP contribution in [0.25, 0.3) is 11.3 Å². The highest BCUT2D eigenvalue weighted by Gasteiger charge is 2.27. The predicted octanol–water partition coefficient (Wildman–Crippen LogP) is 2.26. The van der Waals surface area contributed by atoms with Crippen molar-refractivity contribution in [2.75, 3.05) is 20.1 Å². The number of rotatable bonds is 6. The van der Waals surface area contributed by atoms with Gasteiger partial charge in [0.15, 0.2) is 5.89 Å². The van der Waals surface area contributed by atoms with Crippen molar-refractivity contribution in [3.63, 3.8) is 0 Å². The van der Waals surface area contributed by atoms with Crippen molar-refractivity contribution >= 4 is 10.0 Å². The topological polar surface area (TPSA) is 89.4 Å². The summed E-state index contributed by atoms with van der Waals surface area (Å²) >= 11 is 0. The van der Waals surface area contributed by atoms with Crippen LogP contribution in [0.1, 0.15) is 19.7 Å². The molecule has 2 N–H and O–H groups in total. The Morgan fingerprint density at radius 3 is 2.35 bits per heavy atom. The zero-order valence-corrected chi connectivity index (χ0v) is 14.7. The van der Waals surface area contributed by atoms with E-state index in [0.29, 0.717) is 24.7 Å². The lowest BCUT2D eigenvalue weighted by atomic mass is 9.94. The molecule has 0 atom stereocenters. The van der Waals surface area contributed by atoms with Crippen LogP contribution < -0.4 is 5.73 Å². The second-order valence-electron chi connectivity index (χ2n) is 6.41. The molecular weight excluding hydrogens is 314 g/mol. The number of hydrogen-bond donors (Lipinski definition) is 1. The Bertz CT molecular complexity index is 764. The lowest BCUT2D eigenvalue weighted by Gasteiger charge is -2.28. The zero-order chi connectivity index (χ0) is 17.3. The van der Waals surface area contributed by atoms with E-state index in [9.17, 15) is 8.42 Å². The lowest BCUT2D eigenvalue weighted by Crippen LogP contribution is -2.39. The molecule has 0 aliphatic rings. The fourth-order valence-electron chi connectivity index (χ4n) is 2.23. The van der Waals surface area contributed by atoms with Crippen molar-refractivity contribution in [3.05, 3.63) is 36.4 Å². The summed E-state index contributed by atoms with van der Waals surface area (Å²) < 4.78 is 31.8. The molecule has 1 aromatic heterocycles. The first-order chi connectivity index (χ1) is 10.7. The Kier molecular flexibility index (Phi) is 4.93. The van der Waals surface area contributed by atoms with E-state index in [-0.39, 0.29) is 10.3 Å². The van der Waals surface area contributed by atoms with Crippen LogP contribution in [0.4, 0.5) is 0 Å². The number of hydrogen-bond acceptors (Lipinski definition) is 5. The first-order valence-corrected chi connectivity index (χ1v) is 8.79. The van der Waals surface area contributed by atoms with Gasteiger partial charge in [0.1, 0.15) is 12.0 Å². The number of nitrogens with zero attached hydrogens (tertiary/aromatic N) is 2. The van der Waals surface area contributed by atoms with Crippen molar-refractivity contribution < 1.29 is 12.8 Å². The maximum atomic E-state index is 12.6. The van der Waals surface area contributed by atoms with E-state index >= 15 is 0 Å². The van der Waals surface area contributed by atoms with Crippen molar-refractivity contribution in [2.45, 2.75) is 25.7 Å². The van der Waals surface area contributed by atoms with E-state index in [1.165, 1.54) is 4.31 Å². The van der Waals surface area contributed by atoms with Gasteiger partial charge in [0.2, 0.25) is 10.0 Å². The smallest absolute Gasteiger partial charge is 0.242 e. The van der Waals surface area contributed by atoms with Crippen molar-refractivity contribution in [3.8, 4) is 11.3 Å². The van der Waals surface area contributed by atoms with Crippen LogP contribution in [0.5, 0.6) is 0 Å². The summed E-state index contributed by atoms with van der Waals surface area (Å²) in [6, 6.07) is 6.62. The van der Waals surface area contributed by atoms with Crippen LogP contribution in [0.2, 0.25) is 0 Å². The molecular formula is C16H23N3O3S. The monoisotopic (exact) mass is 337 g/mol. The highest BCUT2D eigenvalue weighted by molar-refractivity contribution is 7.89. The third-order valence-corrected chi connectivity index (χ3v) is 5.50. The minimum Gasteiger partial charge on any atom is -0.449 e. The second-order valence-corrected chi connectivity index (χ2v) is 8.45. The first-order valence-electron chi connectivity index (χ1n) is 7.35. The molecule has 2 rings (SSSR count). The molecule has 1 heterocycles. The predicted molar refractivity (Wildman–Crippen MR) is 89.3 cm³/mol. The number of benzene rings is 1. The van der Waals surface area contributed by atoms with E-state index in [2.05, 4.69) is 4.98 Å². The Morgan fingerprint density at radius 2 is 1.87 bits per heavy atom. The van der Waals surface area contributed by atoms with Crippen LogP contribution in [0.3, 0.4) is 0 Å². The van der Waals surface area contributed by atoms with Gasteiger partial charge in [0, 0.05) is 26.1 Å². The van der Waals surface area contributed by atoms with Gasteiger partial charge in [-0.3, -0.25) is 0 Å². The third kappa shape index (κ3) is 3.99. The Morgan fingerprint density at radius 1 is 1.26 bits per heavy atom. The summed E-state index contributed by atoms with van der Waals surface area (Å²) in [7, 11) is -1.97. The highest BCUT2D eigenvalue weighted by Crippen LogP contribution is 2.24. The van der Waals surface area contributed by atoms with Gasteiger partial charge in [0.25, 0.3) is 0 Å². The van der Waals surface area contributed by atoms with Gasteiger partial charge >= 0.3 is 0 Å². The van der Waals surface area contributed by atoms with Gasteiger partial charge in [-0.1, -0.05) is 26.0 Å². The molecule has 6 nitrogen and oxygen atoms in total. The summed E-state index contributed by atoms with van der Waals surface area (Å²) in [4.78, 5) is 4.47. The van der Waals surface area contributed by atoms with Crippen molar-refractivity contribution in [2.24, 2.45) is 11.1 Å². The third-order valence-electron chi connectivity index (χ3n) is 3.68. The molecule has 126 valence electrons. The van der Waals surface area contributed by atoms with Gasteiger partial charge < -0.3 is 10.2 Å². The molecule has 0 radical (unpaired) electrons. The SMILES string of the molecule is Cc1nc(-c2ccc(S(=O)(=O)N(C)CC(C)(C)CN)cc2)co1. The molecule has 7 heteroatoms. The van der Waals surface area contributed by atoms with Crippen LogP contribution >= 0.6 is 0 Å².